The van der Waals surface area contributed by atoms with Crippen LogP contribution in [0.4, 0.5) is 5.95 Å². The summed E-state index contributed by atoms with van der Waals surface area (Å²) in [7, 11) is 0. The van der Waals surface area contributed by atoms with Crippen LogP contribution < -0.4 is 16.4 Å². The number of hydrogen-bond donors (Lipinski definition) is 4. The van der Waals surface area contributed by atoms with Gasteiger partial charge in [0.25, 0.3) is 0 Å². The zero-order valence-corrected chi connectivity index (χ0v) is 17.3. The van der Waals surface area contributed by atoms with Crippen molar-refractivity contribution in [3.8, 4) is 0 Å². The monoisotopic (exact) mass is 418 g/mol. The molecule has 0 spiro atoms. The summed E-state index contributed by atoms with van der Waals surface area (Å²) in [5, 5.41) is 7.04. The number of unbranched alkanes of at least 4 members (excludes halogenated alkanes) is 1. The fourth-order valence-corrected chi connectivity index (χ4v) is 3.92. The van der Waals surface area contributed by atoms with Crippen LogP contribution in [0.1, 0.15) is 48.9 Å². The van der Waals surface area contributed by atoms with Crippen molar-refractivity contribution in [3.05, 3.63) is 53.9 Å². The number of hydrogen-bond acceptors (Lipinski definition) is 5. The van der Waals surface area contributed by atoms with Crippen LogP contribution in [0.5, 0.6) is 0 Å². The van der Waals surface area contributed by atoms with E-state index in [9.17, 15) is 0 Å². The van der Waals surface area contributed by atoms with E-state index in [4.69, 9.17) is 10.7 Å². The summed E-state index contributed by atoms with van der Waals surface area (Å²) in [5.41, 5.74) is 10.1. The first kappa shape index (κ1) is 23.1. The Kier molecular flexibility index (Phi) is 8.85. The Bertz CT molecular complexity index is 872. The van der Waals surface area contributed by atoms with Crippen LogP contribution in [0.2, 0.25) is 0 Å². The second kappa shape index (κ2) is 11.1. The fraction of sp³-hybridized carbons (Fsp3) is 0.429. The normalized spacial score (nSPS) is 18.7. The molecule has 0 bridgehead atoms. The minimum Gasteiger partial charge on any atom is -0.412 e. The third-order valence-electron chi connectivity index (χ3n) is 5.34. The first-order valence-electron chi connectivity index (χ1n) is 9.92. The maximum absolute atomic E-state index is 5.58. The SMILES string of the molecule is Cl.NCCCCNc1nc(C2CCNC(c3ccccc3)C2)c2[nH]ccc2n1.O. The topological polar surface area (TPSA) is 123 Å². The Morgan fingerprint density at radius 3 is 2.72 bits per heavy atom. The predicted octanol–water partition coefficient (Wildman–Crippen LogP) is 2.91. The van der Waals surface area contributed by atoms with Crippen LogP contribution in [0.25, 0.3) is 11.0 Å². The van der Waals surface area contributed by atoms with Gasteiger partial charge < -0.3 is 26.8 Å². The van der Waals surface area contributed by atoms with E-state index >= 15 is 0 Å². The number of benzene rings is 1. The molecule has 29 heavy (non-hydrogen) atoms. The Balaban J connectivity index is 0.00000150. The summed E-state index contributed by atoms with van der Waals surface area (Å²) in [5.74, 6) is 1.13. The summed E-state index contributed by atoms with van der Waals surface area (Å²) in [6.07, 6.45) is 6.13. The van der Waals surface area contributed by atoms with E-state index in [2.05, 4.69) is 50.9 Å². The van der Waals surface area contributed by atoms with E-state index < -0.39 is 0 Å². The minimum absolute atomic E-state index is 0. The molecule has 0 aliphatic carbocycles. The van der Waals surface area contributed by atoms with Crippen molar-refractivity contribution < 1.29 is 5.48 Å². The molecule has 2 atom stereocenters. The number of anilines is 1. The molecule has 1 aliphatic rings. The summed E-state index contributed by atoms with van der Waals surface area (Å²) < 4.78 is 0. The maximum Gasteiger partial charge on any atom is 0.223 e. The Morgan fingerprint density at radius 1 is 1.10 bits per heavy atom. The largest absolute Gasteiger partial charge is 0.412 e. The minimum atomic E-state index is 0. The van der Waals surface area contributed by atoms with Gasteiger partial charge in [0.1, 0.15) is 0 Å². The van der Waals surface area contributed by atoms with Gasteiger partial charge in [0.2, 0.25) is 5.95 Å². The molecular formula is C21H31ClN6O. The molecule has 7 nitrogen and oxygen atoms in total. The van der Waals surface area contributed by atoms with Gasteiger partial charge >= 0.3 is 0 Å². The molecule has 1 aromatic carbocycles. The number of aromatic nitrogens is 3. The van der Waals surface area contributed by atoms with Crippen LogP contribution >= 0.6 is 12.4 Å². The third kappa shape index (κ3) is 5.45. The van der Waals surface area contributed by atoms with Crippen LogP contribution in [-0.4, -0.2) is 40.1 Å². The summed E-state index contributed by atoms with van der Waals surface area (Å²) in [6, 6.07) is 13.1. The molecule has 1 fully saturated rings. The predicted molar refractivity (Wildman–Crippen MR) is 121 cm³/mol. The molecule has 158 valence electrons. The van der Waals surface area contributed by atoms with E-state index in [0.29, 0.717) is 12.0 Å². The molecule has 1 saturated heterocycles. The molecule has 0 radical (unpaired) electrons. The van der Waals surface area contributed by atoms with Crippen LogP contribution in [-0.2, 0) is 0 Å². The van der Waals surface area contributed by atoms with Crippen molar-refractivity contribution in [1.29, 1.82) is 0 Å². The molecule has 0 saturated carbocycles. The molecule has 2 unspecified atom stereocenters. The lowest BCUT2D eigenvalue weighted by Crippen LogP contribution is -2.31. The van der Waals surface area contributed by atoms with E-state index in [1.54, 1.807) is 0 Å². The first-order valence-corrected chi connectivity index (χ1v) is 9.92. The number of piperidine rings is 1. The van der Waals surface area contributed by atoms with E-state index in [1.807, 2.05) is 12.3 Å². The van der Waals surface area contributed by atoms with E-state index in [-0.39, 0.29) is 17.9 Å². The Hall–Kier alpha value is -2.19. The molecule has 8 heteroatoms. The molecular weight excluding hydrogens is 388 g/mol. The lowest BCUT2D eigenvalue weighted by Gasteiger charge is -2.30. The number of aromatic amines is 1. The second-order valence-electron chi connectivity index (χ2n) is 7.23. The van der Waals surface area contributed by atoms with Gasteiger partial charge in [-0.1, -0.05) is 30.3 Å². The zero-order chi connectivity index (χ0) is 18.5. The molecule has 2 aromatic heterocycles. The molecule has 1 aliphatic heterocycles. The molecule has 3 heterocycles. The van der Waals surface area contributed by atoms with Gasteiger partial charge in [0.05, 0.1) is 16.7 Å². The van der Waals surface area contributed by atoms with Crippen molar-refractivity contribution in [2.75, 3.05) is 25.0 Å². The number of rotatable bonds is 7. The fourth-order valence-electron chi connectivity index (χ4n) is 3.92. The second-order valence-corrected chi connectivity index (χ2v) is 7.23. The number of nitrogens with one attached hydrogen (secondary N) is 3. The van der Waals surface area contributed by atoms with Gasteiger partial charge in [-0.25, -0.2) is 9.97 Å². The molecule has 4 rings (SSSR count). The van der Waals surface area contributed by atoms with Gasteiger partial charge in [-0.2, -0.15) is 0 Å². The number of nitrogens with two attached hydrogens (primary N) is 1. The number of H-pyrrole nitrogens is 1. The van der Waals surface area contributed by atoms with Gasteiger partial charge in [-0.3, -0.25) is 0 Å². The van der Waals surface area contributed by atoms with E-state index in [1.165, 1.54) is 5.56 Å². The van der Waals surface area contributed by atoms with Gasteiger partial charge in [-0.15, -0.1) is 12.4 Å². The quantitative estimate of drug-likeness (QED) is 0.439. The summed E-state index contributed by atoms with van der Waals surface area (Å²) in [6.45, 7) is 2.57. The highest BCUT2D eigenvalue weighted by Crippen LogP contribution is 2.36. The lowest BCUT2D eigenvalue weighted by atomic mass is 9.86. The van der Waals surface area contributed by atoms with Gasteiger partial charge in [0.15, 0.2) is 0 Å². The first-order chi connectivity index (χ1) is 13.3. The van der Waals surface area contributed by atoms with Crippen LogP contribution in [0, 0.1) is 0 Å². The van der Waals surface area contributed by atoms with Crippen molar-refractivity contribution in [2.45, 2.75) is 37.6 Å². The number of fused-ring (bicyclic) bond motifs is 1. The smallest absolute Gasteiger partial charge is 0.223 e. The van der Waals surface area contributed by atoms with Crippen molar-refractivity contribution >= 4 is 29.4 Å². The maximum atomic E-state index is 5.58. The Morgan fingerprint density at radius 2 is 1.93 bits per heavy atom. The average Bonchev–Trinajstić information content (AvgIpc) is 3.20. The average molecular weight is 419 g/mol. The Labute approximate surface area is 177 Å². The van der Waals surface area contributed by atoms with Crippen molar-refractivity contribution in [2.24, 2.45) is 5.73 Å². The summed E-state index contributed by atoms with van der Waals surface area (Å²) in [4.78, 5) is 12.9. The number of nitrogens with zero attached hydrogens (tertiary/aromatic N) is 2. The third-order valence-corrected chi connectivity index (χ3v) is 5.34. The molecule has 0 amide bonds. The lowest BCUT2D eigenvalue weighted by molar-refractivity contribution is 0.366. The highest BCUT2D eigenvalue weighted by molar-refractivity contribution is 5.85. The standard InChI is InChI=1S/C21H28N6.ClH.H2O/c22-10-4-5-11-25-21-26-17-9-13-24-20(17)19(27-21)16-8-12-23-18(14-16)15-6-2-1-3-7-15;;/h1-3,6-7,9,13,16,18,23-24H,4-5,8,10-12,14,22H2,(H,25,26,27);1H;1H2. The van der Waals surface area contributed by atoms with Gasteiger partial charge in [0, 0.05) is 24.7 Å². The highest BCUT2D eigenvalue weighted by atomic mass is 35.5. The van der Waals surface area contributed by atoms with Crippen LogP contribution in [0.15, 0.2) is 42.6 Å². The van der Waals surface area contributed by atoms with Crippen molar-refractivity contribution in [1.82, 2.24) is 20.3 Å². The molecule has 3 aromatic rings. The van der Waals surface area contributed by atoms with E-state index in [0.717, 1.165) is 68.0 Å². The summed E-state index contributed by atoms with van der Waals surface area (Å²) >= 11 is 0. The highest BCUT2D eigenvalue weighted by Gasteiger charge is 2.27. The van der Waals surface area contributed by atoms with Crippen LogP contribution in [0.3, 0.4) is 0 Å². The van der Waals surface area contributed by atoms with Crippen molar-refractivity contribution in [3.63, 3.8) is 0 Å². The van der Waals surface area contributed by atoms with Gasteiger partial charge in [-0.05, 0) is 50.4 Å². The number of halogens is 1. The zero-order valence-electron chi connectivity index (χ0n) is 16.5. The molecule has 7 N–H and O–H groups in total.